The second kappa shape index (κ2) is 6.48. The van der Waals surface area contributed by atoms with Gasteiger partial charge in [-0.2, -0.15) is 4.76 Å². The average molecular weight is 323 g/mol. The Labute approximate surface area is 128 Å². The molecule has 7 heteroatoms. The molecule has 0 aromatic heterocycles. The lowest BCUT2D eigenvalue weighted by molar-refractivity contribution is 0.348. The van der Waals surface area contributed by atoms with Crippen molar-refractivity contribution in [1.29, 1.82) is 0 Å². The van der Waals surface area contributed by atoms with Crippen molar-refractivity contribution in [3.05, 3.63) is 53.8 Å². The molecule has 2 atom stereocenters. The van der Waals surface area contributed by atoms with Crippen molar-refractivity contribution in [2.24, 2.45) is 10.7 Å². The maximum atomic E-state index is 11.1. The van der Waals surface area contributed by atoms with Crippen LogP contribution >= 0.6 is 7.75 Å². The van der Waals surface area contributed by atoms with Crippen LogP contribution in [0.3, 0.4) is 0 Å². The second-order valence-electron chi connectivity index (χ2n) is 5.27. The van der Waals surface area contributed by atoms with Gasteiger partial charge in [0.2, 0.25) is 0 Å². The van der Waals surface area contributed by atoms with Crippen LogP contribution in [0.1, 0.15) is 24.8 Å². The number of phenols is 1. The molecule has 0 saturated heterocycles. The number of benzene rings is 1. The number of hydrogen-bond acceptors (Lipinski definition) is 3. The molecule has 0 amide bonds. The molecule has 6 nitrogen and oxygen atoms in total. The minimum absolute atomic E-state index is 0.00891. The van der Waals surface area contributed by atoms with Crippen LogP contribution in [0.15, 0.2) is 53.0 Å². The highest BCUT2D eigenvalue weighted by Gasteiger charge is 2.26. The molecule has 0 fully saturated rings. The maximum Gasteiger partial charge on any atom is 0.448 e. The summed E-state index contributed by atoms with van der Waals surface area (Å²) in [5, 5.41) is 19.3. The summed E-state index contributed by atoms with van der Waals surface area (Å²) in [6, 6.07) is 6.71. The molecule has 1 aromatic carbocycles. The van der Waals surface area contributed by atoms with Crippen molar-refractivity contribution in [3.63, 3.8) is 0 Å². The number of rotatable bonds is 4. The Morgan fingerprint density at radius 1 is 1.23 bits per heavy atom. The van der Waals surface area contributed by atoms with E-state index in [-0.39, 0.29) is 23.1 Å². The van der Waals surface area contributed by atoms with E-state index >= 15 is 0 Å². The Morgan fingerprint density at radius 2 is 1.86 bits per heavy atom. The van der Waals surface area contributed by atoms with Crippen molar-refractivity contribution >= 4 is 13.5 Å². The lowest BCUT2D eigenvalue weighted by Gasteiger charge is -2.23. The summed E-state index contributed by atoms with van der Waals surface area (Å²) >= 11 is 0. The first-order valence-electron chi connectivity index (χ1n) is 6.78. The molecule has 4 N–H and O–H groups in total. The zero-order valence-corrected chi connectivity index (χ0v) is 12.9. The molecule has 0 bridgehead atoms. The molecule has 22 heavy (non-hydrogen) atoms. The monoisotopic (exact) mass is 323 g/mol. The van der Waals surface area contributed by atoms with E-state index in [1.807, 2.05) is 6.92 Å². The van der Waals surface area contributed by atoms with Gasteiger partial charge in [0.15, 0.2) is 0 Å². The van der Waals surface area contributed by atoms with Gasteiger partial charge >= 0.3 is 7.75 Å². The van der Waals surface area contributed by atoms with E-state index in [0.717, 1.165) is 5.56 Å². The van der Waals surface area contributed by atoms with E-state index in [9.17, 15) is 14.8 Å². The topological polar surface area (TPSA) is 110 Å². The summed E-state index contributed by atoms with van der Waals surface area (Å²) in [6.07, 6.45) is 4.93. The van der Waals surface area contributed by atoms with Crippen LogP contribution in [0.2, 0.25) is 0 Å². The fourth-order valence-electron chi connectivity index (χ4n) is 2.42. The van der Waals surface area contributed by atoms with Gasteiger partial charge < -0.3 is 20.0 Å². The van der Waals surface area contributed by atoms with E-state index in [0.29, 0.717) is 6.42 Å². The van der Waals surface area contributed by atoms with Gasteiger partial charge in [-0.3, -0.25) is 0 Å². The van der Waals surface area contributed by atoms with Crippen molar-refractivity contribution in [2.75, 3.05) is 0 Å². The van der Waals surface area contributed by atoms with Gasteiger partial charge in [-0.05, 0) is 42.2 Å². The lowest BCUT2D eigenvalue weighted by Crippen LogP contribution is -2.20. The van der Waals surface area contributed by atoms with Crippen molar-refractivity contribution < 1.29 is 24.6 Å². The number of nitrogens with zero attached hydrogens (tertiary/aromatic N) is 1. The number of hydrogen-bond donors (Lipinski definition) is 4. The highest BCUT2D eigenvalue weighted by molar-refractivity contribution is 7.50. The van der Waals surface area contributed by atoms with Crippen LogP contribution < -0.4 is 0 Å². The van der Waals surface area contributed by atoms with Gasteiger partial charge in [0, 0.05) is 0 Å². The van der Waals surface area contributed by atoms with Gasteiger partial charge in [-0.1, -0.05) is 25.1 Å². The first-order chi connectivity index (χ1) is 10.3. The quantitative estimate of drug-likeness (QED) is 0.637. The molecule has 1 aliphatic rings. The normalized spacial score (nSPS) is 21.7. The summed E-state index contributed by atoms with van der Waals surface area (Å²) in [7, 11) is -4.55. The van der Waals surface area contributed by atoms with Crippen LogP contribution in [0.5, 0.6) is 5.75 Å². The van der Waals surface area contributed by atoms with Crippen LogP contribution in [0, 0.1) is 5.92 Å². The number of allylic oxidation sites excluding steroid dienone is 4. The Balaban J connectivity index is 2.23. The van der Waals surface area contributed by atoms with Gasteiger partial charge in [-0.15, -0.1) is 0 Å². The molecular weight excluding hydrogens is 305 g/mol. The predicted octanol–water partition coefficient (Wildman–Crippen LogP) is 3.05. The molecule has 0 aliphatic heterocycles. The summed E-state index contributed by atoms with van der Waals surface area (Å²) in [5.74, 6) is -0.362. The van der Waals surface area contributed by atoms with Gasteiger partial charge in [0.1, 0.15) is 11.5 Å². The van der Waals surface area contributed by atoms with Crippen molar-refractivity contribution in [2.45, 2.75) is 19.3 Å². The molecule has 0 radical (unpaired) electrons. The molecule has 118 valence electrons. The molecule has 1 aromatic rings. The molecular formula is C15H18NO5P. The Bertz CT molecular complexity index is 672. The Hall–Kier alpha value is -1.88. The SMILES string of the molecule is CC(CC1C(O)=CC=CC1=NP(=O)(O)O)c1ccc(O)cc1. The van der Waals surface area contributed by atoms with E-state index < -0.39 is 13.7 Å². The third kappa shape index (κ3) is 4.31. The molecule has 0 saturated carbocycles. The Morgan fingerprint density at radius 3 is 2.45 bits per heavy atom. The van der Waals surface area contributed by atoms with Crippen LogP contribution in [0.4, 0.5) is 0 Å². The number of phenolic OH excluding ortho intramolecular Hbond substituents is 1. The average Bonchev–Trinajstić information content (AvgIpc) is 2.41. The largest absolute Gasteiger partial charge is 0.512 e. The van der Waals surface area contributed by atoms with Gasteiger partial charge in [0.25, 0.3) is 0 Å². The fourth-order valence-corrected chi connectivity index (χ4v) is 2.92. The number of aliphatic hydroxyl groups is 1. The lowest BCUT2D eigenvalue weighted by atomic mass is 9.84. The van der Waals surface area contributed by atoms with Crippen LogP contribution in [-0.4, -0.2) is 25.7 Å². The van der Waals surface area contributed by atoms with Crippen molar-refractivity contribution in [1.82, 2.24) is 0 Å². The van der Waals surface area contributed by atoms with Gasteiger partial charge in [-0.25, -0.2) is 4.57 Å². The summed E-state index contributed by atoms with van der Waals surface area (Å²) in [4.78, 5) is 18.0. The predicted molar refractivity (Wildman–Crippen MR) is 84.0 cm³/mol. The van der Waals surface area contributed by atoms with Gasteiger partial charge in [0.05, 0.1) is 11.6 Å². The van der Waals surface area contributed by atoms with Crippen molar-refractivity contribution in [3.8, 4) is 5.75 Å². The number of aromatic hydroxyl groups is 1. The zero-order valence-electron chi connectivity index (χ0n) is 12.0. The molecule has 0 heterocycles. The molecule has 0 spiro atoms. The molecule has 1 aliphatic carbocycles. The minimum Gasteiger partial charge on any atom is -0.512 e. The number of aliphatic hydroxyl groups excluding tert-OH is 1. The first kappa shape index (κ1) is 16.5. The molecule has 2 rings (SSSR count). The van der Waals surface area contributed by atoms with Crippen LogP contribution in [-0.2, 0) is 4.57 Å². The second-order valence-corrected chi connectivity index (χ2v) is 6.50. The summed E-state index contributed by atoms with van der Waals surface area (Å²) in [6.45, 7) is 1.94. The standard InChI is InChI=1S/C15H18NO5P/c1-10(11-5-7-12(17)8-6-11)9-13-14(16-22(19,20)21)3-2-4-15(13)18/h2-8,10,13,17-18H,9H2,1H3,(H2,19,20,21). The maximum absolute atomic E-state index is 11.1. The third-order valence-corrected chi connectivity index (χ3v) is 4.04. The zero-order chi connectivity index (χ0) is 16.3. The highest BCUT2D eigenvalue weighted by atomic mass is 31.2. The third-order valence-electron chi connectivity index (χ3n) is 3.55. The Kier molecular flexibility index (Phi) is 4.86. The smallest absolute Gasteiger partial charge is 0.448 e. The fraction of sp³-hybridized carbons (Fsp3) is 0.267. The highest BCUT2D eigenvalue weighted by Crippen LogP contribution is 2.39. The van der Waals surface area contributed by atoms with E-state index in [1.54, 1.807) is 24.3 Å². The minimum atomic E-state index is -4.55. The summed E-state index contributed by atoms with van der Waals surface area (Å²) in [5.41, 5.74) is 1.12. The van der Waals surface area contributed by atoms with E-state index in [4.69, 9.17) is 9.79 Å². The van der Waals surface area contributed by atoms with E-state index in [1.165, 1.54) is 18.2 Å². The first-order valence-corrected chi connectivity index (χ1v) is 8.34. The van der Waals surface area contributed by atoms with E-state index in [2.05, 4.69) is 4.76 Å². The summed E-state index contributed by atoms with van der Waals surface area (Å²) < 4.78 is 14.5. The molecule has 2 unspecified atom stereocenters. The van der Waals surface area contributed by atoms with Crippen LogP contribution in [0.25, 0.3) is 0 Å².